The van der Waals surface area contributed by atoms with E-state index in [2.05, 4.69) is 58.9 Å². The molecule has 1 rings (SSSR count). The van der Waals surface area contributed by atoms with Gasteiger partial charge in [0, 0.05) is 0 Å². The summed E-state index contributed by atoms with van der Waals surface area (Å²) in [5.41, 5.74) is 1.54. The Hall–Kier alpha value is -0.659. The fraction of sp³-hybridized carbons (Fsp3) is 0.588. The van der Waals surface area contributed by atoms with Gasteiger partial charge in [0.25, 0.3) is 0 Å². The van der Waals surface area contributed by atoms with Crippen molar-refractivity contribution in [3.05, 3.63) is 17.2 Å². The first-order chi connectivity index (χ1) is 9.58. The van der Waals surface area contributed by atoms with Gasteiger partial charge in [-0.25, -0.2) is 4.79 Å². The second-order valence-corrected chi connectivity index (χ2v) is 24.4. The van der Waals surface area contributed by atoms with Gasteiger partial charge in [-0.15, -0.1) is 0 Å². The maximum atomic E-state index is 11.8. The number of carbonyl (C=O) groups is 1. The van der Waals surface area contributed by atoms with Crippen molar-refractivity contribution in [1.82, 2.24) is 0 Å². The van der Waals surface area contributed by atoms with Crippen LogP contribution < -0.4 is 15.6 Å². The Labute approximate surface area is 139 Å². The summed E-state index contributed by atoms with van der Waals surface area (Å²) in [5, 5.41) is 14.0. The molecule has 0 heterocycles. The lowest BCUT2D eigenvalue weighted by molar-refractivity contribution is 0.0696. The van der Waals surface area contributed by atoms with Crippen LogP contribution in [-0.4, -0.2) is 35.3 Å². The molecule has 0 radical (unpaired) electrons. The van der Waals surface area contributed by atoms with Gasteiger partial charge in [-0.2, -0.15) is 0 Å². The van der Waals surface area contributed by atoms with Gasteiger partial charge in [0.1, 0.15) is 0 Å². The number of benzene rings is 1. The highest BCUT2D eigenvalue weighted by Gasteiger charge is 2.36. The molecule has 1 aromatic rings. The van der Waals surface area contributed by atoms with Crippen LogP contribution in [0.25, 0.3) is 0 Å². The molecule has 0 aromatic heterocycles. The van der Waals surface area contributed by atoms with E-state index in [0.29, 0.717) is 5.56 Å². The Morgan fingerprint density at radius 1 is 0.818 bits per heavy atom. The molecule has 0 aliphatic carbocycles. The van der Waals surface area contributed by atoms with Gasteiger partial charge in [0.15, 0.2) is 0 Å². The molecule has 0 bridgehead atoms. The smallest absolute Gasteiger partial charge is 0.335 e. The molecule has 22 heavy (non-hydrogen) atoms. The van der Waals surface area contributed by atoms with Crippen molar-refractivity contribution < 1.29 is 9.90 Å². The molecule has 0 aliphatic heterocycles. The van der Waals surface area contributed by atoms with Crippen molar-refractivity contribution in [2.45, 2.75) is 65.8 Å². The average Bonchev–Trinajstić information content (AvgIpc) is 2.22. The maximum absolute atomic E-state index is 11.8. The zero-order chi connectivity index (χ0) is 17.7. The number of carboxylic acids is 1. The molecule has 0 aliphatic rings. The van der Waals surface area contributed by atoms with Gasteiger partial charge in [-0.1, -0.05) is 74.5 Å². The molecule has 124 valence electrons. The summed E-state index contributed by atoms with van der Waals surface area (Å²) in [4.78, 5) is 11.8. The van der Waals surface area contributed by atoms with Gasteiger partial charge in [-0.05, 0) is 18.6 Å². The third-order valence-corrected chi connectivity index (χ3v) is 10.8. The lowest BCUT2D eigenvalue weighted by Crippen LogP contribution is -2.67. The standard InChI is InChI=1S/C17H32O2Si3/c1-12-13(17(18)19)11-14(20(2,3)4)16(22(8,9)10)15(12)21(5,6)7/h11H,1-10H3,(H,18,19). The molecule has 0 unspecified atom stereocenters. The summed E-state index contributed by atoms with van der Waals surface area (Å²) in [5.74, 6) is -0.779. The topological polar surface area (TPSA) is 37.3 Å². The summed E-state index contributed by atoms with van der Waals surface area (Å²) in [6.45, 7) is 23.3. The van der Waals surface area contributed by atoms with E-state index >= 15 is 0 Å². The van der Waals surface area contributed by atoms with Crippen molar-refractivity contribution in [3.63, 3.8) is 0 Å². The molecule has 2 nitrogen and oxygen atoms in total. The summed E-state index contributed by atoms with van der Waals surface area (Å²) in [6.07, 6.45) is 0. The van der Waals surface area contributed by atoms with E-state index in [4.69, 9.17) is 0 Å². The van der Waals surface area contributed by atoms with E-state index in [1.165, 1.54) is 10.4 Å². The fourth-order valence-corrected chi connectivity index (χ4v) is 13.4. The molecule has 0 saturated heterocycles. The van der Waals surface area contributed by atoms with E-state index in [1.807, 2.05) is 13.0 Å². The lowest BCUT2D eigenvalue weighted by atomic mass is 10.1. The van der Waals surface area contributed by atoms with E-state index < -0.39 is 30.2 Å². The predicted molar refractivity (Wildman–Crippen MR) is 107 cm³/mol. The maximum Gasteiger partial charge on any atom is 0.335 e. The first kappa shape index (κ1) is 19.4. The molecule has 0 atom stereocenters. The SMILES string of the molecule is Cc1c(C(=O)O)cc([Si](C)(C)C)c([Si](C)(C)C)c1[Si](C)(C)C. The van der Waals surface area contributed by atoms with Crippen LogP contribution in [0.5, 0.6) is 0 Å². The van der Waals surface area contributed by atoms with Gasteiger partial charge in [0.2, 0.25) is 0 Å². The van der Waals surface area contributed by atoms with Gasteiger partial charge in [0.05, 0.1) is 29.8 Å². The predicted octanol–water partition coefficient (Wildman–Crippen LogP) is 3.33. The summed E-state index contributed by atoms with van der Waals surface area (Å²) in [6, 6.07) is 2.01. The molecule has 0 saturated carbocycles. The van der Waals surface area contributed by atoms with Crippen LogP contribution in [-0.2, 0) is 0 Å². The number of hydrogen-bond donors (Lipinski definition) is 1. The minimum Gasteiger partial charge on any atom is -0.478 e. The number of aromatic carboxylic acids is 1. The summed E-state index contributed by atoms with van der Waals surface area (Å²) in [7, 11) is -4.79. The Kier molecular flexibility index (Phi) is 5.08. The summed E-state index contributed by atoms with van der Waals surface area (Å²) < 4.78 is 0. The van der Waals surface area contributed by atoms with Crippen LogP contribution in [0.2, 0.25) is 58.9 Å². The molecular weight excluding hydrogens is 320 g/mol. The zero-order valence-corrected chi connectivity index (χ0v) is 18.9. The number of rotatable bonds is 4. The third-order valence-electron chi connectivity index (χ3n) is 4.13. The normalized spacial score (nSPS) is 13.4. The Balaban J connectivity index is 4.10. The summed E-state index contributed by atoms with van der Waals surface area (Å²) >= 11 is 0. The van der Waals surface area contributed by atoms with Crippen molar-refractivity contribution in [2.75, 3.05) is 0 Å². The largest absolute Gasteiger partial charge is 0.478 e. The molecule has 0 amide bonds. The average molecular weight is 353 g/mol. The van der Waals surface area contributed by atoms with Crippen LogP contribution >= 0.6 is 0 Å². The molecule has 1 N–H and O–H groups in total. The van der Waals surface area contributed by atoms with E-state index in [9.17, 15) is 9.90 Å². The minimum atomic E-state index is -1.63. The van der Waals surface area contributed by atoms with E-state index in [0.717, 1.165) is 5.56 Å². The molecule has 0 fully saturated rings. The van der Waals surface area contributed by atoms with Crippen molar-refractivity contribution >= 4 is 45.8 Å². The van der Waals surface area contributed by atoms with Gasteiger partial charge >= 0.3 is 5.97 Å². The van der Waals surface area contributed by atoms with Crippen LogP contribution in [0.4, 0.5) is 0 Å². The minimum absolute atomic E-state index is 0.525. The highest BCUT2D eigenvalue weighted by Crippen LogP contribution is 2.16. The monoisotopic (exact) mass is 352 g/mol. The first-order valence-corrected chi connectivity index (χ1v) is 18.5. The number of carboxylic acid groups (broad SMARTS) is 1. The van der Waals surface area contributed by atoms with E-state index in [-0.39, 0.29) is 0 Å². The van der Waals surface area contributed by atoms with Crippen LogP contribution in [0.15, 0.2) is 6.07 Å². The van der Waals surface area contributed by atoms with Crippen molar-refractivity contribution in [2.24, 2.45) is 0 Å². The van der Waals surface area contributed by atoms with Crippen LogP contribution in [0.1, 0.15) is 15.9 Å². The molecule has 1 aromatic carbocycles. The first-order valence-electron chi connectivity index (χ1n) is 8.01. The van der Waals surface area contributed by atoms with Gasteiger partial charge in [-0.3, -0.25) is 0 Å². The Bertz CT molecular complexity index is 600. The quantitative estimate of drug-likeness (QED) is 0.844. The van der Waals surface area contributed by atoms with Crippen molar-refractivity contribution in [3.8, 4) is 0 Å². The second kappa shape index (κ2) is 5.76. The van der Waals surface area contributed by atoms with Crippen molar-refractivity contribution in [1.29, 1.82) is 0 Å². The van der Waals surface area contributed by atoms with Gasteiger partial charge < -0.3 is 5.11 Å². The van der Waals surface area contributed by atoms with E-state index in [1.54, 1.807) is 5.19 Å². The fourth-order valence-electron chi connectivity index (χ4n) is 3.31. The highest BCUT2D eigenvalue weighted by molar-refractivity contribution is 7.04. The zero-order valence-electron chi connectivity index (χ0n) is 15.9. The number of hydrogen-bond acceptors (Lipinski definition) is 1. The third kappa shape index (κ3) is 3.81. The lowest BCUT2D eigenvalue weighted by Gasteiger charge is -2.36. The Morgan fingerprint density at radius 3 is 1.50 bits per heavy atom. The Morgan fingerprint density at radius 2 is 1.23 bits per heavy atom. The molecular formula is C17H32O2Si3. The molecule has 0 spiro atoms. The van der Waals surface area contributed by atoms with Crippen LogP contribution in [0.3, 0.4) is 0 Å². The molecule has 5 heteroatoms. The highest BCUT2D eigenvalue weighted by atomic mass is 28.3. The van der Waals surface area contributed by atoms with Crippen LogP contribution in [0, 0.1) is 6.92 Å². The second-order valence-electron chi connectivity index (χ2n) is 9.40.